The number of rotatable bonds is 8. The third-order valence-electron chi connectivity index (χ3n) is 4.26. The number of carbonyl (C=O) groups excluding carboxylic acids is 2. The highest BCUT2D eigenvalue weighted by molar-refractivity contribution is 7.92. The fraction of sp³-hybridized carbons (Fsp3) is 0.300. The van der Waals surface area contributed by atoms with Gasteiger partial charge < -0.3 is 10.6 Å². The molecule has 0 saturated heterocycles. The molecule has 0 aliphatic carbocycles. The number of benzene rings is 2. The van der Waals surface area contributed by atoms with Crippen LogP contribution in [0.25, 0.3) is 0 Å². The van der Waals surface area contributed by atoms with Crippen molar-refractivity contribution in [3.63, 3.8) is 0 Å². The van der Waals surface area contributed by atoms with Crippen LogP contribution < -0.4 is 14.9 Å². The second-order valence-corrected chi connectivity index (χ2v) is 9.55. The Balaban J connectivity index is 2.26. The number of sulfonamides is 1. The standard InChI is InChI=1S/C20H23Cl2N3O4S/c1-4-13(2)23-20(27)17-7-5-6-8-18(17)24-19(26)12-25(30(3,28)29)16-10-14(21)9-15(22)11-16/h5-11,13H,4,12H2,1-3H3,(H,23,27)(H,24,26)/t13-/m0/s1. The molecule has 0 aliphatic rings. The van der Waals surface area contributed by atoms with Gasteiger partial charge in [0.05, 0.1) is 23.2 Å². The van der Waals surface area contributed by atoms with E-state index in [0.29, 0.717) is 0 Å². The van der Waals surface area contributed by atoms with Crippen LogP contribution in [-0.2, 0) is 14.8 Å². The summed E-state index contributed by atoms with van der Waals surface area (Å²) in [5.41, 5.74) is 0.719. The van der Waals surface area contributed by atoms with E-state index in [4.69, 9.17) is 23.2 Å². The Morgan fingerprint density at radius 1 is 1.10 bits per heavy atom. The van der Waals surface area contributed by atoms with Crippen LogP contribution in [0.5, 0.6) is 0 Å². The smallest absolute Gasteiger partial charge is 0.253 e. The third kappa shape index (κ3) is 6.62. The predicted octanol–water partition coefficient (Wildman–Crippen LogP) is 3.93. The van der Waals surface area contributed by atoms with E-state index in [1.165, 1.54) is 18.2 Å². The van der Waals surface area contributed by atoms with Gasteiger partial charge in [-0.05, 0) is 43.7 Å². The Bertz CT molecular complexity index is 1020. The van der Waals surface area contributed by atoms with Crippen LogP contribution in [0.15, 0.2) is 42.5 Å². The summed E-state index contributed by atoms with van der Waals surface area (Å²) in [5, 5.41) is 5.92. The van der Waals surface area contributed by atoms with Gasteiger partial charge in [0, 0.05) is 16.1 Å². The maximum Gasteiger partial charge on any atom is 0.253 e. The van der Waals surface area contributed by atoms with Crippen molar-refractivity contribution in [2.75, 3.05) is 22.4 Å². The van der Waals surface area contributed by atoms with Gasteiger partial charge >= 0.3 is 0 Å². The molecule has 0 aliphatic heterocycles. The lowest BCUT2D eigenvalue weighted by molar-refractivity contribution is -0.114. The Morgan fingerprint density at radius 2 is 1.70 bits per heavy atom. The van der Waals surface area contributed by atoms with Crippen molar-refractivity contribution in [1.29, 1.82) is 0 Å². The van der Waals surface area contributed by atoms with E-state index in [0.717, 1.165) is 17.0 Å². The number of amides is 2. The molecule has 0 saturated carbocycles. The number of nitrogens with zero attached hydrogens (tertiary/aromatic N) is 1. The first-order chi connectivity index (χ1) is 14.0. The molecule has 0 bridgehead atoms. The van der Waals surface area contributed by atoms with E-state index in [-0.39, 0.29) is 38.9 Å². The van der Waals surface area contributed by atoms with Crippen LogP contribution in [0, 0.1) is 0 Å². The van der Waals surface area contributed by atoms with E-state index >= 15 is 0 Å². The Morgan fingerprint density at radius 3 is 2.27 bits per heavy atom. The molecule has 0 aromatic heterocycles. The van der Waals surface area contributed by atoms with Crippen molar-refractivity contribution in [3.8, 4) is 0 Å². The quantitative estimate of drug-likeness (QED) is 0.609. The lowest BCUT2D eigenvalue weighted by atomic mass is 10.1. The van der Waals surface area contributed by atoms with Crippen molar-refractivity contribution in [1.82, 2.24) is 5.32 Å². The van der Waals surface area contributed by atoms with E-state index in [1.54, 1.807) is 24.3 Å². The van der Waals surface area contributed by atoms with Crippen molar-refractivity contribution in [2.24, 2.45) is 0 Å². The molecule has 2 rings (SSSR count). The molecule has 0 radical (unpaired) electrons. The fourth-order valence-corrected chi connectivity index (χ4v) is 3.95. The zero-order valence-corrected chi connectivity index (χ0v) is 19.1. The average Bonchev–Trinajstić information content (AvgIpc) is 2.64. The monoisotopic (exact) mass is 471 g/mol. The maximum atomic E-state index is 12.7. The van der Waals surface area contributed by atoms with E-state index in [9.17, 15) is 18.0 Å². The van der Waals surface area contributed by atoms with Gasteiger partial charge in [-0.25, -0.2) is 8.42 Å². The third-order valence-corrected chi connectivity index (χ3v) is 5.84. The Kier molecular flexibility index (Phi) is 8.11. The second kappa shape index (κ2) is 10.1. The van der Waals surface area contributed by atoms with Gasteiger partial charge in [0.2, 0.25) is 15.9 Å². The van der Waals surface area contributed by atoms with Crippen molar-refractivity contribution < 1.29 is 18.0 Å². The fourth-order valence-electron chi connectivity index (χ4n) is 2.60. The Hall–Kier alpha value is -2.29. The van der Waals surface area contributed by atoms with Gasteiger partial charge in [0.15, 0.2) is 0 Å². The van der Waals surface area contributed by atoms with Crippen LogP contribution in [0.1, 0.15) is 30.6 Å². The number of halogens is 2. The largest absolute Gasteiger partial charge is 0.350 e. The molecule has 7 nitrogen and oxygen atoms in total. The summed E-state index contributed by atoms with van der Waals surface area (Å²) in [6.45, 7) is 3.30. The summed E-state index contributed by atoms with van der Waals surface area (Å²) >= 11 is 11.9. The predicted molar refractivity (Wildman–Crippen MR) is 121 cm³/mol. The van der Waals surface area contributed by atoms with Gasteiger partial charge in [0.1, 0.15) is 6.54 Å². The van der Waals surface area contributed by atoms with Crippen LogP contribution in [0.3, 0.4) is 0 Å². The van der Waals surface area contributed by atoms with Crippen LogP contribution in [0.2, 0.25) is 10.0 Å². The first-order valence-corrected chi connectivity index (χ1v) is 11.7. The highest BCUT2D eigenvalue weighted by Gasteiger charge is 2.23. The molecule has 2 aromatic rings. The first kappa shape index (κ1) is 24.0. The summed E-state index contributed by atoms with van der Waals surface area (Å²) in [4.78, 5) is 25.1. The minimum atomic E-state index is -3.81. The number of carbonyl (C=O) groups is 2. The highest BCUT2D eigenvalue weighted by Crippen LogP contribution is 2.27. The molecular formula is C20H23Cl2N3O4S. The molecule has 30 heavy (non-hydrogen) atoms. The second-order valence-electron chi connectivity index (χ2n) is 6.77. The highest BCUT2D eigenvalue weighted by atomic mass is 35.5. The molecule has 1 atom stereocenters. The normalized spacial score (nSPS) is 12.2. The van der Waals surface area contributed by atoms with Crippen LogP contribution in [-0.4, -0.2) is 39.1 Å². The minimum Gasteiger partial charge on any atom is -0.350 e. The van der Waals surface area contributed by atoms with Gasteiger partial charge in [-0.1, -0.05) is 42.3 Å². The van der Waals surface area contributed by atoms with E-state index < -0.39 is 22.5 Å². The molecule has 162 valence electrons. The van der Waals surface area contributed by atoms with Crippen LogP contribution in [0.4, 0.5) is 11.4 Å². The molecule has 0 unspecified atom stereocenters. The van der Waals surface area contributed by atoms with Crippen molar-refractivity contribution in [2.45, 2.75) is 26.3 Å². The molecule has 10 heteroatoms. The maximum absolute atomic E-state index is 12.7. The SMILES string of the molecule is CC[C@H](C)NC(=O)c1ccccc1NC(=O)CN(c1cc(Cl)cc(Cl)c1)S(C)(=O)=O. The number of para-hydroxylation sites is 1. The average molecular weight is 472 g/mol. The number of hydrogen-bond acceptors (Lipinski definition) is 4. The van der Waals surface area contributed by atoms with E-state index in [1.807, 2.05) is 13.8 Å². The van der Waals surface area contributed by atoms with Crippen molar-refractivity contribution >= 4 is 56.4 Å². The summed E-state index contributed by atoms with van der Waals surface area (Å²) in [7, 11) is -3.81. The van der Waals surface area contributed by atoms with Gasteiger partial charge in [-0.2, -0.15) is 0 Å². The van der Waals surface area contributed by atoms with Gasteiger partial charge in [0.25, 0.3) is 5.91 Å². The Labute approximate surface area is 186 Å². The van der Waals surface area contributed by atoms with Gasteiger partial charge in [-0.3, -0.25) is 13.9 Å². The molecule has 2 N–H and O–H groups in total. The molecule has 0 spiro atoms. The molecule has 2 amide bonds. The summed E-state index contributed by atoms with van der Waals surface area (Å²) < 4.78 is 25.4. The zero-order chi connectivity index (χ0) is 22.5. The first-order valence-electron chi connectivity index (χ1n) is 9.14. The molecule has 0 fully saturated rings. The molecule has 0 heterocycles. The lowest BCUT2D eigenvalue weighted by Gasteiger charge is -2.22. The van der Waals surface area contributed by atoms with Crippen LogP contribution >= 0.6 is 23.2 Å². The summed E-state index contributed by atoms with van der Waals surface area (Å²) in [6, 6.07) is 10.7. The number of hydrogen-bond donors (Lipinski definition) is 2. The molecular weight excluding hydrogens is 449 g/mol. The number of nitrogens with one attached hydrogen (secondary N) is 2. The van der Waals surface area contributed by atoms with Crippen molar-refractivity contribution in [3.05, 3.63) is 58.1 Å². The zero-order valence-electron chi connectivity index (χ0n) is 16.8. The lowest BCUT2D eigenvalue weighted by Crippen LogP contribution is -2.38. The summed E-state index contributed by atoms with van der Waals surface area (Å²) in [6.07, 6.45) is 1.73. The van der Waals surface area contributed by atoms with Gasteiger partial charge in [-0.15, -0.1) is 0 Å². The minimum absolute atomic E-state index is 0.0328. The number of anilines is 2. The van der Waals surface area contributed by atoms with E-state index in [2.05, 4.69) is 10.6 Å². The molecule has 2 aromatic carbocycles. The summed E-state index contributed by atoms with van der Waals surface area (Å²) in [5.74, 6) is -0.956. The topological polar surface area (TPSA) is 95.6 Å².